The molecular weight excluding hydrogens is 485 g/mol. The highest BCUT2D eigenvalue weighted by Crippen LogP contribution is 2.31. The standard InChI is InChI=1S/C21H24ClN7O4.ClH/c1-32-18-8-14(2-3-24-20(30)13-29-4-6-33-7-5-29)16(22)9-17(18)27-21(31)28-19-12-25-15(10-23)11-26-19;/h8-9,11-12H,2-7,13H2,1H3,(H,24,30)(H2,26,27,28,31);1H. The molecule has 1 aromatic heterocycles. The maximum atomic E-state index is 12.3. The summed E-state index contributed by atoms with van der Waals surface area (Å²) in [4.78, 5) is 34.3. The SMILES string of the molecule is COc1cc(CCNC(=O)CN2CCOCC2)c(Cl)cc1NC(=O)Nc1cnc(C#N)cn1.Cl. The lowest BCUT2D eigenvalue weighted by atomic mass is 10.1. The van der Waals surface area contributed by atoms with Crippen LogP contribution < -0.4 is 20.7 Å². The molecule has 0 aliphatic carbocycles. The van der Waals surface area contributed by atoms with Crippen LogP contribution in [0.2, 0.25) is 5.02 Å². The third-order valence-electron chi connectivity index (χ3n) is 4.81. The maximum absolute atomic E-state index is 12.3. The van der Waals surface area contributed by atoms with Gasteiger partial charge in [-0.1, -0.05) is 11.6 Å². The minimum Gasteiger partial charge on any atom is -0.495 e. The van der Waals surface area contributed by atoms with Crippen molar-refractivity contribution < 1.29 is 19.1 Å². The molecule has 13 heteroatoms. The fourth-order valence-electron chi connectivity index (χ4n) is 3.13. The number of nitrogens with zero attached hydrogens (tertiary/aromatic N) is 4. The summed E-state index contributed by atoms with van der Waals surface area (Å²) < 4.78 is 10.7. The van der Waals surface area contributed by atoms with Crippen molar-refractivity contribution in [1.29, 1.82) is 5.26 Å². The van der Waals surface area contributed by atoms with Crippen molar-refractivity contribution in [2.24, 2.45) is 0 Å². The van der Waals surface area contributed by atoms with Gasteiger partial charge in [-0.3, -0.25) is 15.0 Å². The van der Waals surface area contributed by atoms with Crippen LogP contribution in [0.15, 0.2) is 24.5 Å². The largest absolute Gasteiger partial charge is 0.495 e. The first-order valence-electron chi connectivity index (χ1n) is 10.2. The van der Waals surface area contributed by atoms with Gasteiger partial charge in [-0.15, -0.1) is 12.4 Å². The maximum Gasteiger partial charge on any atom is 0.325 e. The molecule has 0 radical (unpaired) electrons. The molecule has 1 saturated heterocycles. The van der Waals surface area contributed by atoms with E-state index in [1.165, 1.54) is 19.5 Å². The van der Waals surface area contributed by atoms with E-state index in [0.717, 1.165) is 18.7 Å². The fraction of sp³-hybridized carbons (Fsp3) is 0.381. The Labute approximate surface area is 208 Å². The molecule has 0 unspecified atom stereocenters. The van der Waals surface area contributed by atoms with Crippen LogP contribution in [0.25, 0.3) is 0 Å². The second kappa shape index (κ2) is 13.5. The number of benzene rings is 1. The summed E-state index contributed by atoms with van der Waals surface area (Å²) in [5.74, 6) is 0.539. The first kappa shape index (κ1) is 27.1. The Morgan fingerprint density at radius 2 is 2.00 bits per heavy atom. The quantitative estimate of drug-likeness (QED) is 0.490. The predicted molar refractivity (Wildman–Crippen MR) is 129 cm³/mol. The topological polar surface area (TPSA) is 142 Å². The highest BCUT2D eigenvalue weighted by atomic mass is 35.5. The molecular formula is C21H25Cl2N7O4. The van der Waals surface area contributed by atoms with Gasteiger partial charge in [0.05, 0.1) is 44.9 Å². The number of morpholine rings is 1. The number of nitrogens with one attached hydrogen (secondary N) is 3. The number of nitriles is 1. The summed E-state index contributed by atoms with van der Waals surface area (Å²) in [5.41, 5.74) is 1.27. The van der Waals surface area contributed by atoms with E-state index >= 15 is 0 Å². The van der Waals surface area contributed by atoms with Gasteiger partial charge >= 0.3 is 6.03 Å². The summed E-state index contributed by atoms with van der Waals surface area (Å²) in [5, 5.41) is 17.2. The van der Waals surface area contributed by atoms with Crippen LogP contribution in [0.4, 0.5) is 16.3 Å². The Balaban J connectivity index is 0.00000408. The highest BCUT2D eigenvalue weighted by Gasteiger charge is 2.15. The second-order valence-electron chi connectivity index (χ2n) is 7.11. The summed E-state index contributed by atoms with van der Waals surface area (Å²) in [6.07, 6.45) is 3.03. The van der Waals surface area contributed by atoms with Crippen LogP contribution in [0.1, 0.15) is 11.3 Å². The number of carbonyl (C=O) groups excluding carboxylic acids is 2. The zero-order valence-electron chi connectivity index (χ0n) is 18.5. The Hall–Kier alpha value is -3.17. The monoisotopic (exact) mass is 509 g/mol. The Morgan fingerprint density at radius 1 is 1.24 bits per heavy atom. The Kier molecular flexibility index (Phi) is 10.8. The molecule has 1 aromatic carbocycles. The summed E-state index contributed by atoms with van der Waals surface area (Å²) >= 11 is 6.39. The molecule has 34 heavy (non-hydrogen) atoms. The number of hydrogen-bond donors (Lipinski definition) is 3. The molecule has 0 bridgehead atoms. The van der Waals surface area contributed by atoms with E-state index in [-0.39, 0.29) is 29.8 Å². The minimum atomic E-state index is -0.577. The number of ether oxygens (including phenoxy) is 2. The van der Waals surface area contributed by atoms with Crippen molar-refractivity contribution in [3.05, 3.63) is 40.8 Å². The molecule has 0 atom stereocenters. The molecule has 1 aliphatic heterocycles. The lowest BCUT2D eigenvalue weighted by Gasteiger charge is -2.25. The average molecular weight is 510 g/mol. The Bertz CT molecular complexity index is 1030. The molecule has 0 saturated carbocycles. The molecule has 11 nitrogen and oxygen atoms in total. The molecule has 3 amide bonds. The number of amides is 3. The lowest BCUT2D eigenvalue weighted by Crippen LogP contribution is -2.43. The first-order valence-corrected chi connectivity index (χ1v) is 10.6. The van der Waals surface area contributed by atoms with E-state index in [4.69, 9.17) is 26.3 Å². The average Bonchev–Trinajstić information content (AvgIpc) is 2.81. The van der Waals surface area contributed by atoms with Crippen molar-refractivity contribution in [1.82, 2.24) is 20.2 Å². The van der Waals surface area contributed by atoms with Gasteiger partial charge in [0.15, 0.2) is 11.5 Å². The van der Waals surface area contributed by atoms with E-state index in [0.29, 0.717) is 49.2 Å². The van der Waals surface area contributed by atoms with Crippen molar-refractivity contribution in [3.63, 3.8) is 0 Å². The van der Waals surface area contributed by atoms with Crippen LogP contribution in [0, 0.1) is 11.3 Å². The fourth-order valence-corrected chi connectivity index (χ4v) is 3.39. The van der Waals surface area contributed by atoms with Gasteiger partial charge in [-0.25, -0.2) is 14.8 Å². The number of anilines is 2. The van der Waals surface area contributed by atoms with Crippen LogP contribution in [-0.4, -0.2) is 73.3 Å². The summed E-state index contributed by atoms with van der Waals surface area (Å²) in [7, 11) is 1.48. The summed E-state index contributed by atoms with van der Waals surface area (Å²) in [6.45, 7) is 3.52. The molecule has 3 rings (SSSR count). The number of hydrogen-bond acceptors (Lipinski definition) is 8. The molecule has 182 valence electrons. The van der Waals surface area contributed by atoms with Crippen LogP contribution >= 0.6 is 24.0 Å². The molecule has 2 aromatic rings. The number of urea groups is 1. The second-order valence-corrected chi connectivity index (χ2v) is 7.52. The smallest absolute Gasteiger partial charge is 0.325 e. The van der Waals surface area contributed by atoms with E-state index in [2.05, 4.69) is 25.9 Å². The highest BCUT2D eigenvalue weighted by molar-refractivity contribution is 6.31. The van der Waals surface area contributed by atoms with Crippen LogP contribution in [0.5, 0.6) is 5.75 Å². The number of aromatic nitrogens is 2. The molecule has 1 aliphatic rings. The third-order valence-corrected chi connectivity index (χ3v) is 5.16. The van der Waals surface area contributed by atoms with Gasteiger partial charge in [0, 0.05) is 24.7 Å². The molecule has 3 N–H and O–H groups in total. The zero-order valence-corrected chi connectivity index (χ0v) is 20.0. The molecule has 0 spiro atoms. The number of halogens is 2. The van der Waals surface area contributed by atoms with Gasteiger partial charge in [0.25, 0.3) is 0 Å². The van der Waals surface area contributed by atoms with Gasteiger partial charge in [0.1, 0.15) is 11.8 Å². The number of carbonyl (C=O) groups is 2. The molecule has 1 fully saturated rings. The van der Waals surface area contributed by atoms with Crippen molar-refractivity contribution in [3.8, 4) is 11.8 Å². The minimum absolute atomic E-state index is 0. The van der Waals surface area contributed by atoms with Crippen LogP contribution in [-0.2, 0) is 16.0 Å². The van der Waals surface area contributed by atoms with Crippen molar-refractivity contribution >= 4 is 47.5 Å². The lowest BCUT2D eigenvalue weighted by molar-refractivity contribution is -0.123. The zero-order chi connectivity index (χ0) is 23.6. The van der Waals surface area contributed by atoms with Gasteiger partial charge in [-0.2, -0.15) is 5.26 Å². The Morgan fingerprint density at radius 3 is 2.65 bits per heavy atom. The molecule has 2 heterocycles. The normalized spacial score (nSPS) is 13.2. The van der Waals surface area contributed by atoms with Gasteiger partial charge in [0.2, 0.25) is 5.91 Å². The van der Waals surface area contributed by atoms with Gasteiger partial charge in [-0.05, 0) is 24.1 Å². The van der Waals surface area contributed by atoms with E-state index in [9.17, 15) is 9.59 Å². The third kappa shape index (κ3) is 8.00. The predicted octanol–water partition coefficient (Wildman–Crippen LogP) is 2.07. The van der Waals surface area contributed by atoms with Crippen molar-refractivity contribution in [2.75, 3.05) is 57.1 Å². The van der Waals surface area contributed by atoms with E-state index < -0.39 is 6.03 Å². The first-order chi connectivity index (χ1) is 16.0. The number of methoxy groups -OCH3 is 1. The van der Waals surface area contributed by atoms with Gasteiger partial charge < -0.3 is 20.1 Å². The van der Waals surface area contributed by atoms with E-state index in [1.54, 1.807) is 12.1 Å². The number of rotatable bonds is 8. The van der Waals surface area contributed by atoms with Crippen LogP contribution in [0.3, 0.4) is 0 Å². The summed E-state index contributed by atoms with van der Waals surface area (Å²) in [6, 6.07) is 4.57. The van der Waals surface area contributed by atoms with Crippen molar-refractivity contribution in [2.45, 2.75) is 6.42 Å². The van der Waals surface area contributed by atoms with E-state index in [1.807, 2.05) is 11.0 Å².